The Bertz CT molecular complexity index is 11.5. The monoisotopic (exact) mass is 174 g/mol. The first-order valence-corrected chi connectivity index (χ1v) is 1.02. The first-order valence-electron chi connectivity index (χ1n) is 1.02. The molecule has 1 N–H and O–H groups in total. The third-order valence-electron chi connectivity index (χ3n) is 0. The summed E-state index contributed by atoms with van der Waals surface area (Å²) in [6.07, 6.45) is 0. The van der Waals surface area contributed by atoms with E-state index in [1.54, 1.807) is 6.92 Å². The average molecular weight is 176 g/mol. The van der Waals surface area contributed by atoms with Gasteiger partial charge in [-0.2, -0.15) is 0 Å². The quantitative estimate of drug-likeness (QED) is 0.364. The smallest absolute Gasteiger partial charge is 1.00 e. The normalized spacial score (nSPS) is 3.00. The molecule has 0 aromatic carbocycles. The van der Waals surface area contributed by atoms with Gasteiger partial charge in [0.2, 0.25) is 0 Å². The van der Waals surface area contributed by atoms with Gasteiger partial charge in [-0.1, -0.05) is 0 Å². The van der Waals surface area contributed by atoms with Crippen LogP contribution >= 0.6 is 0 Å². The second kappa shape index (κ2) is 37.0. The molecule has 0 amide bonds. The Labute approximate surface area is 60.3 Å². The van der Waals surface area contributed by atoms with Crippen LogP contribution < -0.4 is 24.8 Å². The fraction of sp³-hybridized carbons (Fsp3) is 1.00. The van der Waals surface area contributed by atoms with Gasteiger partial charge >= 0.3 is 16.5 Å². The Morgan fingerprint density at radius 2 is 1.33 bits per heavy atom. The van der Waals surface area contributed by atoms with Crippen molar-refractivity contribution in [3.63, 3.8) is 0 Å². The molecule has 0 atom stereocenters. The van der Waals surface area contributed by atoms with Crippen LogP contribution in [0.1, 0.15) is 6.92 Å². The standard InChI is InChI=1S/C2H6O.2ClH.Ni/c1-2-3;;;/h3H,2H2,1H3;2*1H;/q;;;+2/p-2. The first kappa shape index (κ1) is 27.8. The van der Waals surface area contributed by atoms with Crippen LogP contribution in [0.15, 0.2) is 0 Å². The van der Waals surface area contributed by atoms with E-state index in [1.807, 2.05) is 0 Å². The Kier molecular flexibility index (Phi) is 171. The minimum Gasteiger partial charge on any atom is -1.00 e. The van der Waals surface area contributed by atoms with Crippen LogP contribution in [0.25, 0.3) is 0 Å². The van der Waals surface area contributed by atoms with Crippen LogP contribution in [-0.2, 0) is 16.5 Å². The Balaban J connectivity index is -0.00000000667. The van der Waals surface area contributed by atoms with Gasteiger partial charge in [0.15, 0.2) is 0 Å². The van der Waals surface area contributed by atoms with Gasteiger partial charge in [-0.05, 0) is 6.92 Å². The van der Waals surface area contributed by atoms with Crippen molar-refractivity contribution in [2.75, 3.05) is 6.61 Å². The summed E-state index contributed by atoms with van der Waals surface area (Å²) in [4.78, 5) is 0. The first-order chi connectivity index (χ1) is 1.41. The maximum Gasteiger partial charge on any atom is 2.00 e. The largest absolute Gasteiger partial charge is 2.00 e. The van der Waals surface area contributed by atoms with Crippen LogP contribution in [0.2, 0.25) is 0 Å². The van der Waals surface area contributed by atoms with Gasteiger partial charge in [0.1, 0.15) is 0 Å². The summed E-state index contributed by atoms with van der Waals surface area (Å²) in [7, 11) is 0. The minimum absolute atomic E-state index is 0. The maximum atomic E-state index is 7.57. The summed E-state index contributed by atoms with van der Waals surface area (Å²) in [6, 6.07) is 0. The number of halogens is 2. The summed E-state index contributed by atoms with van der Waals surface area (Å²) in [5, 5.41) is 7.57. The van der Waals surface area contributed by atoms with Crippen LogP contribution in [-0.4, -0.2) is 11.7 Å². The molecule has 0 spiro atoms. The molecule has 0 heterocycles. The van der Waals surface area contributed by atoms with E-state index in [0.717, 1.165) is 0 Å². The fourth-order valence-corrected chi connectivity index (χ4v) is 0. The summed E-state index contributed by atoms with van der Waals surface area (Å²) in [6.45, 7) is 1.93. The van der Waals surface area contributed by atoms with Crippen LogP contribution in [0, 0.1) is 0 Å². The van der Waals surface area contributed by atoms with E-state index in [4.69, 9.17) is 5.11 Å². The van der Waals surface area contributed by atoms with Crippen molar-refractivity contribution in [3.8, 4) is 0 Å². The molecule has 0 aliphatic rings. The van der Waals surface area contributed by atoms with Gasteiger partial charge in [0.25, 0.3) is 0 Å². The van der Waals surface area contributed by atoms with Crippen molar-refractivity contribution in [2.24, 2.45) is 0 Å². The zero-order chi connectivity index (χ0) is 2.71. The van der Waals surface area contributed by atoms with E-state index in [9.17, 15) is 0 Å². The van der Waals surface area contributed by atoms with E-state index < -0.39 is 0 Å². The molecule has 0 saturated heterocycles. The van der Waals surface area contributed by atoms with Gasteiger partial charge in [0, 0.05) is 6.61 Å². The van der Waals surface area contributed by atoms with E-state index >= 15 is 0 Å². The van der Waals surface area contributed by atoms with Crippen LogP contribution in [0.4, 0.5) is 0 Å². The zero-order valence-corrected chi connectivity index (χ0v) is 5.73. The molecule has 6 heavy (non-hydrogen) atoms. The van der Waals surface area contributed by atoms with Gasteiger partial charge in [-0.25, -0.2) is 0 Å². The van der Waals surface area contributed by atoms with Gasteiger partial charge in [-0.3, -0.25) is 0 Å². The summed E-state index contributed by atoms with van der Waals surface area (Å²) in [5.74, 6) is 0. The molecule has 44 valence electrons. The van der Waals surface area contributed by atoms with Gasteiger partial charge < -0.3 is 29.9 Å². The number of aliphatic hydroxyl groups excluding tert-OH is 1. The van der Waals surface area contributed by atoms with Crippen LogP contribution in [0.5, 0.6) is 0 Å². The molecule has 0 aliphatic carbocycles. The third-order valence-corrected chi connectivity index (χ3v) is 0. The van der Waals surface area contributed by atoms with E-state index in [-0.39, 0.29) is 47.9 Å². The maximum absolute atomic E-state index is 7.57. The molecule has 0 rings (SSSR count). The minimum atomic E-state index is 0. The second-order valence-corrected chi connectivity index (χ2v) is 0.316. The molecule has 0 radical (unpaired) electrons. The zero-order valence-electron chi connectivity index (χ0n) is 3.23. The number of rotatable bonds is 0. The summed E-state index contributed by atoms with van der Waals surface area (Å²) >= 11 is 0. The van der Waals surface area contributed by atoms with Crippen LogP contribution in [0.3, 0.4) is 0 Å². The second-order valence-electron chi connectivity index (χ2n) is 0.316. The topological polar surface area (TPSA) is 20.2 Å². The van der Waals surface area contributed by atoms with Crippen molar-refractivity contribution < 1.29 is 46.4 Å². The van der Waals surface area contributed by atoms with E-state index in [0.29, 0.717) is 0 Å². The number of hydrogen-bond acceptors (Lipinski definition) is 1. The number of hydrogen-bond donors (Lipinski definition) is 1. The van der Waals surface area contributed by atoms with Crippen molar-refractivity contribution >= 4 is 0 Å². The van der Waals surface area contributed by atoms with Crippen molar-refractivity contribution in [1.82, 2.24) is 0 Å². The van der Waals surface area contributed by atoms with E-state index in [2.05, 4.69) is 0 Å². The molecule has 0 aliphatic heterocycles. The molecule has 0 unspecified atom stereocenters. The molecule has 1 nitrogen and oxygen atoms in total. The van der Waals surface area contributed by atoms with Gasteiger partial charge in [-0.15, -0.1) is 0 Å². The predicted octanol–water partition coefficient (Wildman–Crippen LogP) is -6.00. The molecular weight excluding hydrogens is 170 g/mol. The SMILES string of the molecule is CCO.[Cl-].[Cl-].[Ni+2]. The Morgan fingerprint density at radius 1 is 1.33 bits per heavy atom. The molecule has 0 bridgehead atoms. The molecule has 0 saturated carbocycles. The Hall–Kier alpha value is 1.03. The molecular formula is C2H6Cl2NiO. The number of aliphatic hydroxyl groups is 1. The molecule has 0 fully saturated rings. The predicted molar refractivity (Wildman–Crippen MR) is 12.8 cm³/mol. The van der Waals surface area contributed by atoms with E-state index in [1.165, 1.54) is 0 Å². The van der Waals surface area contributed by atoms with Crippen molar-refractivity contribution in [3.05, 3.63) is 0 Å². The average Bonchev–Trinajstić information content (AvgIpc) is 0.918. The molecule has 0 aromatic rings. The van der Waals surface area contributed by atoms with Crippen molar-refractivity contribution in [1.29, 1.82) is 0 Å². The van der Waals surface area contributed by atoms with Gasteiger partial charge in [0.05, 0.1) is 0 Å². The summed E-state index contributed by atoms with van der Waals surface area (Å²) in [5.41, 5.74) is 0. The fourth-order valence-electron chi connectivity index (χ4n) is 0. The molecule has 4 heteroatoms. The Morgan fingerprint density at radius 3 is 1.33 bits per heavy atom. The molecule has 0 aromatic heterocycles. The third kappa shape index (κ3) is 76.7. The summed E-state index contributed by atoms with van der Waals surface area (Å²) < 4.78 is 0. The van der Waals surface area contributed by atoms with Crippen molar-refractivity contribution in [2.45, 2.75) is 6.92 Å².